The van der Waals surface area contributed by atoms with Gasteiger partial charge in [0.1, 0.15) is 17.4 Å². The molecule has 2 nitrogen and oxygen atoms in total. The standard InChI is InChI=1S/C15H15F2NO/c1-9-3-6-13(16)12(7-9)15(18)11-5-4-10(19-2)8-14(11)17/h3-8,15H,18H2,1-2H3. The van der Waals surface area contributed by atoms with Gasteiger partial charge in [-0.05, 0) is 19.1 Å². The van der Waals surface area contributed by atoms with Crippen molar-refractivity contribution >= 4 is 0 Å². The lowest BCUT2D eigenvalue weighted by Gasteiger charge is -2.15. The highest BCUT2D eigenvalue weighted by molar-refractivity contribution is 5.38. The molecule has 4 heteroatoms. The van der Waals surface area contributed by atoms with Gasteiger partial charge in [-0.2, -0.15) is 0 Å². The van der Waals surface area contributed by atoms with E-state index in [0.29, 0.717) is 5.75 Å². The average molecular weight is 263 g/mol. The second kappa shape index (κ2) is 5.36. The normalized spacial score (nSPS) is 12.3. The number of hydrogen-bond donors (Lipinski definition) is 1. The van der Waals surface area contributed by atoms with Gasteiger partial charge in [-0.15, -0.1) is 0 Å². The number of methoxy groups -OCH3 is 1. The van der Waals surface area contributed by atoms with Gasteiger partial charge < -0.3 is 10.5 Å². The van der Waals surface area contributed by atoms with Crippen LogP contribution in [-0.4, -0.2) is 7.11 Å². The Balaban J connectivity index is 2.43. The molecule has 0 fully saturated rings. The Morgan fingerprint density at radius 1 is 1.00 bits per heavy atom. The molecule has 0 aliphatic rings. The second-order valence-corrected chi connectivity index (χ2v) is 4.39. The summed E-state index contributed by atoms with van der Waals surface area (Å²) in [6, 6.07) is 8.13. The number of ether oxygens (including phenoxy) is 1. The Kier molecular flexibility index (Phi) is 3.81. The Bertz CT molecular complexity index is 599. The summed E-state index contributed by atoms with van der Waals surface area (Å²) in [5.74, 6) is -0.542. The molecule has 2 aromatic carbocycles. The lowest BCUT2D eigenvalue weighted by atomic mass is 9.97. The minimum atomic E-state index is -0.842. The summed E-state index contributed by atoms with van der Waals surface area (Å²) in [7, 11) is 1.45. The van der Waals surface area contributed by atoms with Gasteiger partial charge in [0.15, 0.2) is 0 Å². The van der Waals surface area contributed by atoms with Gasteiger partial charge >= 0.3 is 0 Å². The van der Waals surface area contributed by atoms with E-state index in [4.69, 9.17) is 10.5 Å². The predicted octanol–water partition coefficient (Wildman–Crippen LogP) is 3.33. The van der Waals surface area contributed by atoms with Crippen LogP contribution in [0.25, 0.3) is 0 Å². The van der Waals surface area contributed by atoms with Gasteiger partial charge in [0.2, 0.25) is 0 Å². The minimum Gasteiger partial charge on any atom is -0.497 e. The topological polar surface area (TPSA) is 35.2 Å². The summed E-state index contributed by atoms with van der Waals surface area (Å²) in [6.07, 6.45) is 0. The smallest absolute Gasteiger partial charge is 0.132 e. The summed E-state index contributed by atoms with van der Waals surface area (Å²) < 4.78 is 32.6. The van der Waals surface area contributed by atoms with Gasteiger partial charge in [0.05, 0.1) is 13.2 Å². The van der Waals surface area contributed by atoms with Crippen molar-refractivity contribution in [2.45, 2.75) is 13.0 Å². The molecule has 1 unspecified atom stereocenters. The molecule has 0 bridgehead atoms. The zero-order valence-electron chi connectivity index (χ0n) is 10.8. The Hall–Kier alpha value is -1.94. The Morgan fingerprint density at radius 3 is 2.37 bits per heavy atom. The zero-order chi connectivity index (χ0) is 14.0. The third kappa shape index (κ3) is 2.74. The maximum Gasteiger partial charge on any atom is 0.132 e. The monoisotopic (exact) mass is 263 g/mol. The van der Waals surface area contributed by atoms with Crippen LogP contribution in [-0.2, 0) is 0 Å². The molecule has 100 valence electrons. The summed E-state index contributed by atoms with van der Waals surface area (Å²) in [4.78, 5) is 0. The first-order valence-electron chi connectivity index (χ1n) is 5.88. The predicted molar refractivity (Wildman–Crippen MR) is 70.1 cm³/mol. The first-order chi connectivity index (χ1) is 9.02. The highest BCUT2D eigenvalue weighted by Gasteiger charge is 2.17. The third-order valence-electron chi connectivity index (χ3n) is 3.03. The van der Waals surface area contributed by atoms with Crippen molar-refractivity contribution in [3.63, 3.8) is 0 Å². The van der Waals surface area contributed by atoms with Crippen LogP contribution in [0.1, 0.15) is 22.7 Å². The number of nitrogens with two attached hydrogens (primary N) is 1. The molecule has 19 heavy (non-hydrogen) atoms. The van der Waals surface area contributed by atoms with Crippen LogP contribution >= 0.6 is 0 Å². The summed E-state index contributed by atoms with van der Waals surface area (Å²) in [5, 5.41) is 0. The molecule has 0 aliphatic carbocycles. The van der Waals surface area contributed by atoms with Crippen LogP contribution in [0.3, 0.4) is 0 Å². The van der Waals surface area contributed by atoms with Gasteiger partial charge in [-0.25, -0.2) is 8.78 Å². The van der Waals surface area contributed by atoms with Crippen molar-refractivity contribution in [2.75, 3.05) is 7.11 Å². The van der Waals surface area contributed by atoms with Crippen LogP contribution in [0.5, 0.6) is 5.75 Å². The largest absolute Gasteiger partial charge is 0.497 e. The first-order valence-corrected chi connectivity index (χ1v) is 5.88. The molecule has 1 atom stereocenters. The zero-order valence-corrected chi connectivity index (χ0v) is 10.8. The third-order valence-corrected chi connectivity index (χ3v) is 3.03. The molecular weight excluding hydrogens is 248 g/mol. The van der Waals surface area contributed by atoms with Crippen molar-refractivity contribution in [2.24, 2.45) is 5.73 Å². The van der Waals surface area contributed by atoms with E-state index >= 15 is 0 Å². The van der Waals surface area contributed by atoms with Gasteiger partial charge in [0, 0.05) is 17.2 Å². The maximum atomic E-state index is 13.9. The van der Waals surface area contributed by atoms with E-state index in [2.05, 4.69) is 0 Å². The van der Waals surface area contributed by atoms with E-state index in [-0.39, 0.29) is 11.1 Å². The van der Waals surface area contributed by atoms with E-state index in [1.807, 2.05) is 6.92 Å². The summed E-state index contributed by atoms with van der Waals surface area (Å²) in [6.45, 7) is 1.83. The molecule has 0 radical (unpaired) electrons. The van der Waals surface area contributed by atoms with E-state index in [0.717, 1.165) is 5.56 Å². The number of hydrogen-bond acceptors (Lipinski definition) is 2. The fourth-order valence-electron chi connectivity index (χ4n) is 1.96. The molecule has 2 rings (SSSR count). The lowest BCUT2D eigenvalue weighted by molar-refractivity contribution is 0.410. The fraction of sp³-hybridized carbons (Fsp3) is 0.200. The van der Waals surface area contributed by atoms with Crippen molar-refractivity contribution < 1.29 is 13.5 Å². The summed E-state index contributed by atoms with van der Waals surface area (Å²) >= 11 is 0. The fourth-order valence-corrected chi connectivity index (χ4v) is 1.96. The molecule has 0 aliphatic heterocycles. The van der Waals surface area contributed by atoms with Gasteiger partial charge in [0.25, 0.3) is 0 Å². The molecule has 0 aromatic heterocycles. The molecule has 0 saturated carbocycles. The van der Waals surface area contributed by atoms with Gasteiger partial charge in [-0.1, -0.05) is 23.8 Å². The molecule has 0 spiro atoms. The van der Waals surface area contributed by atoms with Crippen LogP contribution in [0, 0.1) is 18.6 Å². The van der Waals surface area contributed by atoms with Crippen LogP contribution in [0.2, 0.25) is 0 Å². The SMILES string of the molecule is COc1ccc(C(N)c2cc(C)ccc2F)c(F)c1. The molecule has 2 aromatic rings. The molecule has 2 N–H and O–H groups in total. The lowest BCUT2D eigenvalue weighted by Crippen LogP contribution is -2.15. The maximum absolute atomic E-state index is 13.9. The second-order valence-electron chi connectivity index (χ2n) is 4.39. The van der Waals surface area contributed by atoms with Crippen molar-refractivity contribution in [3.8, 4) is 5.75 Å². The molecule has 0 saturated heterocycles. The number of benzene rings is 2. The van der Waals surface area contributed by atoms with Crippen LogP contribution < -0.4 is 10.5 Å². The number of halogens is 2. The number of rotatable bonds is 3. The van der Waals surface area contributed by atoms with E-state index < -0.39 is 17.7 Å². The number of aryl methyl sites for hydroxylation is 1. The average Bonchev–Trinajstić information content (AvgIpc) is 2.40. The van der Waals surface area contributed by atoms with Crippen LogP contribution in [0.15, 0.2) is 36.4 Å². The van der Waals surface area contributed by atoms with E-state index in [9.17, 15) is 8.78 Å². The molecular formula is C15H15F2NO. The molecule has 0 amide bonds. The minimum absolute atomic E-state index is 0.241. The van der Waals surface area contributed by atoms with Crippen molar-refractivity contribution in [3.05, 3.63) is 64.7 Å². The van der Waals surface area contributed by atoms with Crippen LogP contribution in [0.4, 0.5) is 8.78 Å². The summed E-state index contributed by atoms with van der Waals surface area (Å²) in [5.41, 5.74) is 7.36. The van der Waals surface area contributed by atoms with Gasteiger partial charge in [-0.3, -0.25) is 0 Å². The highest BCUT2D eigenvalue weighted by atomic mass is 19.1. The first kappa shape index (κ1) is 13.5. The van der Waals surface area contributed by atoms with Crippen molar-refractivity contribution in [1.82, 2.24) is 0 Å². The quantitative estimate of drug-likeness (QED) is 0.921. The van der Waals surface area contributed by atoms with E-state index in [1.165, 1.54) is 25.3 Å². The molecule has 0 heterocycles. The highest BCUT2D eigenvalue weighted by Crippen LogP contribution is 2.27. The Labute approximate surface area is 110 Å². The Morgan fingerprint density at radius 2 is 1.74 bits per heavy atom. The van der Waals surface area contributed by atoms with E-state index in [1.54, 1.807) is 18.2 Å². The van der Waals surface area contributed by atoms with Crippen molar-refractivity contribution in [1.29, 1.82) is 0 Å².